The highest BCUT2D eigenvalue weighted by Crippen LogP contribution is 2.28. The first kappa shape index (κ1) is 17.5. The van der Waals surface area contributed by atoms with Gasteiger partial charge in [0.15, 0.2) is 0 Å². The van der Waals surface area contributed by atoms with Crippen molar-refractivity contribution in [2.24, 2.45) is 0 Å². The second-order valence-corrected chi connectivity index (χ2v) is 9.14. The minimum Gasteiger partial charge on any atom is -0.368 e. The Labute approximate surface area is 162 Å². The quantitative estimate of drug-likeness (QED) is 0.627. The monoisotopic (exact) mass is 430 g/mol. The van der Waals surface area contributed by atoms with E-state index in [0.717, 1.165) is 20.9 Å². The average Bonchev–Trinajstić information content (AvgIpc) is 2.68. The Morgan fingerprint density at radius 3 is 2.15 bits per heavy atom. The number of para-hydroxylation sites is 1. The Morgan fingerprint density at radius 1 is 0.769 bits per heavy atom. The van der Waals surface area contributed by atoms with Crippen LogP contribution in [0, 0.1) is 0 Å². The van der Waals surface area contributed by atoms with Gasteiger partial charge in [-0.15, -0.1) is 0 Å². The van der Waals surface area contributed by atoms with E-state index in [-0.39, 0.29) is 0 Å². The van der Waals surface area contributed by atoms with Crippen molar-refractivity contribution in [3.63, 3.8) is 0 Å². The van der Waals surface area contributed by atoms with Gasteiger partial charge in [0.05, 0.1) is 10.6 Å². The number of nitrogens with zero attached hydrogens (tertiary/aromatic N) is 2. The predicted molar refractivity (Wildman–Crippen MR) is 109 cm³/mol. The molecule has 0 N–H and O–H groups in total. The number of anilines is 1. The molecule has 1 fully saturated rings. The summed E-state index contributed by atoms with van der Waals surface area (Å²) in [5, 5.41) is 1.99. The van der Waals surface area contributed by atoms with E-state index < -0.39 is 10.0 Å². The lowest BCUT2D eigenvalue weighted by atomic mass is 10.1. The minimum absolute atomic E-state index is 0.366. The van der Waals surface area contributed by atoms with Gasteiger partial charge in [0, 0.05) is 30.7 Å². The zero-order valence-electron chi connectivity index (χ0n) is 14.2. The predicted octanol–water partition coefficient (Wildman–Crippen LogP) is 4.11. The van der Waals surface area contributed by atoms with E-state index in [1.165, 1.54) is 0 Å². The third kappa shape index (κ3) is 3.24. The van der Waals surface area contributed by atoms with Gasteiger partial charge in [0.25, 0.3) is 0 Å². The molecule has 1 aliphatic heterocycles. The van der Waals surface area contributed by atoms with Crippen LogP contribution >= 0.6 is 15.9 Å². The van der Waals surface area contributed by atoms with Gasteiger partial charge < -0.3 is 4.90 Å². The molecule has 1 aliphatic rings. The maximum atomic E-state index is 13.0. The SMILES string of the molecule is O=S(=O)(c1ccc2ccccc2c1)N1CCN(c2ccccc2Br)CC1. The van der Waals surface area contributed by atoms with Crippen LogP contribution in [0.2, 0.25) is 0 Å². The van der Waals surface area contributed by atoms with Crippen LogP contribution in [0.15, 0.2) is 76.1 Å². The molecule has 0 radical (unpaired) electrons. The first-order chi connectivity index (χ1) is 12.6. The lowest BCUT2D eigenvalue weighted by molar-refractivity contribution is 0.385. The molecule has 0 saturated carbocycles. The van der Waals surface area contributed by atoms with Crippen molar-refractivity contribution in [1.29, 1.82) is 0 Å². The van der Waals surface area contributed by atoms with Crippen LogP contribution in [0.5, 0.6) is 0 Å². The maximum Gasteiger partial charge on any atom is 0.243 e. The second-order valence-electron chi connectivity index (χ2n) is 6.35. The molecule has 0 unspecified atom stereocenters. The molecule has 134 valence electrons. The van der Waals surface area contributed by atoms with Crippen molar-refractivity contribution in [2.75, 3.05) is 31.1 Å². The summed E-state index contributed by atoms with van der Waals surface area (Å²) in [5.41, 5.74) is 1.11. The lowest BCUT2D eigenvalue weighted by Gasteiger charge is -2.35. The normalized spacial score (nSPS) is 16.1. The molecule has 4 rings (SSSR count). The highest BCUT2D eigenvalue weighted by atomic mass is 79.9. The number of hydrogen-bond acceptors (Lipinski definition) is 3. The lowest BCUT2D eigenvalue weighted by Crippen LogP contribution is -2.48. The van der Waals surface area contributed by atoms with Crippen LogP contribution in [0.3, 0.4) is 0 Å². The standard InChI is InChI=1S/C20H19BrN2O2S/c21-19-7-3-4-8-20(19)22-11-13-23(14-12-22)26(24,25)18-10-9-16-5-1-2-6-17(16)15-18/h1-10,15H,11-14H2. The Morgan fingerprint density at radius 2 is 1.42 bits per heavy atom. The van der Waals surface area contributed by atoms with E-state index in [1.54, 1.807) is 16.4 Å². The average molecular weight is 431 g/mol. The Hall–Kier alpha value is -1.89. The number of benzene rings is 3. The Bertz CT molecular complexity index is 1040. The molecule has 1 saturated heterocycles. The first-order valence-corrected chi connectivity index (χ1v) is 10.8. The van der Waals surface area contributed by atoms with Gasteiger partial charge in [0.1, 0.15) is 0 Å². The van der Waals surface area contributed by atoms with Crippen LogP contribution in [-0.4, -0.2) is 38.9 Å². The van der Waals surface area contributed by atoms with Crippen LogP contribution in [0.4, 0.5) is 5.69 Å². The van der Waals surface area contributed by atoms with Gasteiger partial charge >= 0.3 is 0 Å². The summed E-state index contributed by atoms with van der Waals surface area (Å²) in [5.74, 6) is 0. The van der Waals surface area contributed by atoms with Gasteiger partial charge in [0.2, 0.25) is 10.0 Å². The smallest absolute Gasteiger partial charge is 0.243 e. The molecule has 0 bridgehead atoms. The molecule has 0 atom stereocenters. The van der Waals surface area contributed by atoms with E-state index in [4.69, 9.17) is 0 Å². The second kappa shape index (κ2) is 7.02. The fourth-order valence-corrected chi connectivity index (χ4v) is 5.35. The molecule has 6 heteroatoms. The van der Waals surface area contributed by atoms with Gasteiger partial charge in [-0.3, -0.25) is 0 Å². The van der Waals surface area contributed by atoms with Crippen molar-refractivity contribution in [3.05, 3.63) is 71.2 Å². The molecule has 0 aromatic heterocycles. The first-order valence-electron chi connectivity index (χ1n) is 8.54. The molecule has 3 aromatic carbocycles. The van der Waals surface area contributed by atoms with E-state index in [1.807, 2.05) is 48.5 Å². The molecule has 26 heavy (non-hydrogen) atoms. The maximum absolute atomic E-state index is 13.0. The largest absolute Gasteiger partial charge is 0.368 e. The van der Waals surface area contributed by atoms with E-state index in [9.17, 15) is 8.42 Å². The topological polar surface area (TPSA) is 40.6 Å². The zero-order chi connectivity index (χ0) is 18.1. The van der Waals surface area contributed by atoms with Gasteiger partial charge in [-0.2, -0.15) is 4.31 Å². The summed E-state index contributed by atoms with van der Waals surface area (Å²) in [6.07, 6.45) is 0. The van der Waals surface area contributed by atoms with Crippen LogP contribution in [-0.2, 0) is 10.0 Å². The summed E-state index contributed by atoms with van der Waals surface area (Å²) >= 11 is 3.57. The fraction of sp³-hybridized carbons (Fsp3) is 0.200. The number of rotatable bonds is 3. The van der Waals surface area contributed by atoms with Crippen LogP contribution in [0.1, 0.15) is 0 Å². The Kier molecular flexibility index (Phi) is 4.73. The summed E-state index contributed by atoms with van der Waals surface area (Å²) in [7, 11) is -3.47. The van der Waals surface area contributed by atoms with E-state index >= 15 is 0 Å². The van der Waals surface area contributed by atoms with Gasteiger partial charge in [-0.05, 0) is 51.0 Å². The number of halogens is 1. The molecule has 0 spiro atoms. The fourth-order valence-electron chi connectivity index (χ4n) is 3.35. The third-order valence-corrected chi connectivity index (χ3v) is 7.36. The molecule has 0 amide bonds. The minimum atomic E-state index is -3.47. The molecule has 4 nitrogen and oxygen atoms in total. The summed E-state index contributed by atoms with van der Waals surface area (Å²) < 4.78 is 28.7. The highest BCUT2D eigenvalue weighted by molar-refractivity contribution is 9.10. The van der Waals surface area contributed by atoms with E-state index in [0.29, 0.717) is 31.1 Å². The number of fused-ring (bicyclic) bond motifs is 1. The molecular weight excluding hydrogens is 412 g/mol. The van der Waals surface area contributed by atoms with Crippen molar-refractivity contribution in [1.82, 2.24) is 4.31 Å². The number of piperazine rings is 1. The van der Waals surface area contributed by atoms with Crippen LogP contribution < -0.4 is 4.90 Å². The van der Waals surface area contributed by atoms with Crippen molar-refractivity contribution in [2.45, 2.75) is 4.90 Å². The molecule has 1 heterocycles. The number of sulfonamides is 1. The molecule has 3 aromatic rings. The summed E-state index contributed by atoms with van der Waals surface area (Å²) in [4.78, 5) is 2.58. The van der Waals surface area contributed by atoms with Gasteiger partial charge in [-0.25, -0.2) is 8.42 Å². The summed E-state index contributed by atoms with van der Waals surface area (Å²) in [6.45, 7) is 2.32. The van der Waals surface area contributed by atoms with Crippen molar-refractivity contribution in [3.8, 4) is 0 Å². The van der Waals surface area contributed by atoms with Crippen molar-refractivity contribution >= 4 is 42.4 Å². The molecular formula is C20H19BrN2O2S. The zero-order valence-corrected chi connectivity index (χ0v) is 16.6. The van der Waals surface area contributed by atoms with E-state index in [2.05, 4.69) is 26.9 Å². The Balaban J connectivity index is 1.55. The third-order valence-electron chi connectivity index (χ3n) is 4.79. The van der Waals surface area contributed by atoms with Gasteiger partial charge in [-0.1, -0.05) is 42.5 Å². The van der Waals surface area contributed by atoms with Crippen LogP contribution in [0.25, 0.3) is 10.8 Å². The highest BCUT2D eigenvalue weighted by Gasteiger charge is 2.29. The number of hydrogen-bond donors (Lipinski definition) is 0. The molecule has 0 aliphatic carbocycles. The van der Waals surface area contributed by atoms with Crippen molar-refractivity contribution < 1.29 is 8.42 Å². The summed E-state index contributed by atoms with van der Waals surface area (Å²) in [6, 6.07) is 21.2.